The van der Waals surface area contributed by atoms with Gasteiger partial charge in [-0.25, -0.2) is 4.79 Å². The molecular formula is C13H18ClN3O. The predicted molar refractivity (Wildman–Crippen MR) is 74.1 cm³/mol. The summed E-state index contributed by atoms with van der Waals surface area (Å²) < 4.78 is 0. The standard InChI is InChI=1S/C13H18ClN3O/c1-9-7-15-8-10(2)17(9)13(18)16-12-5-3-11(14)4-6-12/h3-6,9-10,15H,7-8H2,1-2H3,(H,16,18). The van der Waals surface area contributed by atoms with E-state index in [4.69, 9.17) is 11.6 Å². The van der Waals surface area contributed by atoms with Crippen molar-refractivity contribution < 1.29 is 4.79 Å². The summed E-state index contributed by atoms with van der Waals surface area (Å²) in [5, 5.41) is 6.87. The lowest BCUT2D eigenvalue weighted by Crippen LogP contribution is -2.58. The van der Waals surface area contributed by atoms with Crippen LogP contribution in [0.15, 0.2) is 24.3 Å². The highest BCUT2D eigenvalue weighted by Gasteiger charge is 2.28. The minimum absolute atomic E-state index is 0.0566. The fourth-order valence-corrected chi connectivity index (χ4v) is 2.38. The largest absolute Gasteiger partial charge is 0.322 e. The molecule has 0 bridgehead atoms. The van der Waals surface area contributed by atoms with Gasteiger partial charge in [0.1, 0.15) is 0 Å². The van der Waals surface area contributed by atoms with Crippen molar-refractivity contribution in [1.82, 2.24) is 10.2 Å². The second-order valence-electron chi connectivity index (χ2n) is 4.70. The number of carbonyl (C=O) groups excluding carboxylic acids is 1. The quantitative estimate of drug-likeness (QED) is 0.821. The maximum absolute atomic E-state index is 12.2. The van der Waals surface area contributed by atoms with Crippen molar-refractivity contribution >= 4 is 23.3 Å². The summed E-state index contributed by atoms with van der Waals surface area (Å²) >= 11 is 5.81. The number of nitrogens with zero attached hydrogens (tertiary/aromatic N) is 1. The molecule has 0 spiro atoms. The topological polar surface area (TPSA) is 44.4 Å². The van der Waals surface area contributed by atoms with E-state index >= 15 is 0 Å². The number of rotatable bonds is 1. The molecule has 1 aromatic carbocycles. The molecule has 0 radical (unpaired) electrons. The van der Waals surface area contributed by atoms with Crippen LogP contribution in [-0.4, -0.2) is 36.1 Å². The molecule has 1 aliphatic heterocycles. The first-order valence-corrected chi connectivity index (χ1v) is 6.51. The number of halogens is 1. The minimum Gasteiger partial charge on any atom is -0.317 e. The lowest BCUT2D eigenvalue weighted by molar-refractivity contribution is 0.143. The SMILES string of the molecule is CC1CNCC(C)N1C(=O)Nc1ccc(Cl)cc1. The van der Waals surface area contributed by atoms with Gasteiger partial charge >= 0.3 is 6.03 Å². The Hall–Kier alpha value is -1.26. The monoisotopic (exact) mass is 267 g/mol. The number of carbonyl (C=O) groups is 1. The first-order valence-electron chi connectivity index (χ1n) is 6.13. The molecule has 2 amide bonds. The number of nitrogens with one attached hydrogen (secondary N) is 2. The molecule has 1 aliphatic rings. The second-order valence-corrected chi connectivity index (χ2v) is 5.14. The molecule has 5 heteroatoms. The molecule has 2 unspecified atom stereocenters. The van der Waals surface area contributed by atoms with Gasteiger partial charge in [-0.15, -0.1) is 0 Å². The summed E-state index contributed by atoms with van der Waals surface area (Å²) in [6.45, 7) is 5.75. The highest BCUT2D eigenvalue weighted by molar-refractivity contribution is 6.30. The number of hydrogen-bond acceptors (Lipinski definition) is 2. The second kappa shape index (κ2) is 5.59. The van der Waals surface area contributed by atoms with Gasteiger partial charge in [-0.3, -0.25) is 0 Å². The fraction of sp³-hybridized carbons (Fsp3) is 0.462. The van der Waals surface area contributed by atoms with Crippen LogP contribution in [0.1, 0.15) is 13.8 Å². The van der Waals surface area contributed by atoms with Gasteiger partial charge in [-0.1, -0.05) is 11.6 Å². The summed E-state index contributed by atoms with van der Waals surface area (Å²) in [7, 11) is 0. The Morgan fingerprint density at radius 1 is 1.28 bits per heavy atom. The molecule has 4 nitrogen and oxygen atoms in total. The minimum atomic E-state index is -0.0566. The highest BCUT2D eigenvalue weighted by Crippen LogP contribution is 2.16. The summed E-state index contributed by atoms with van der Waals surface area (Å²) in [5.41, 5.74) is 0.766. The van der Waals surface area contributed by atoms with Crippen molar-refractivity contribution in [3.63, 3.8) is 0 Å². The van der Waals surface area contributed by atoms with Crippen LogP contribution in [0.4, 0.5) is 10.5 Å². The zero-order valence-electron chi connectivity index (χ0n) is 10.6. The van der Waals surface area contributed by atoms with Crippen LogP contribution in [0.5, 0.6) is 0 Å². The van der Waals surface area contributed by atoms with E-state index in [1.54, 1.807) is 24.3 Å². The molecular weight excluding hydrogens is 250 g/mol. The van der Waals surface area contributed by atoms with E-state index in [9.17, 15) is 4.79 Å². The van der Waals surface area contributed by atoms with E-state index in [0.717, 1.165) is 18.8 Å². The summed E-state index contributed by atoms with van der Waals surface area (Å²) in [6, 6.07) is 7.47. The number of anilines is 1. The molecule has 0 saturated carbocycles. The van der Waals surface area contributed by atoms with Crippen molar-refractivity contribution in [2.75, 3.05) is 18.4 Å². The smallest absolute Gasteiger partial charge is 0.317 e. The molecule has 1 aromatic rings. The van der Waals surface area contributed by atoms with Gasteiger partial charge in [0.05, 0.1) is 0 Å². The van der Waals surface area contributed by atoms with Crippen LogP contribution in [0.2, 0.25) is 5.02 Å². The van der Waals surface area contributed by atoms with Crippen LogP contribution in [0.25, 0.3) is 0 Å². The van der Waals surface area contributed by atoms with Crippen molar-refractivity contribution in [2.45, 2.75) is 25.9 Å². The van der Waals surface area contributed by atoms with E-state index in [1.807, 2.05) is 18.7 Å². The molecule has 1 heterocycles. The lowest BCUT2D eigenvalue weighted by Gasteiger charge is -2.39. The molecule has 0 aliphatic carbocycles. The highest BCUT2D eigenvalue weighted by atomic mass is 35.5. The zero-order chi connectivity index (χ0) is 13.1. The van der Waals surface area contributed by atoms with E-state index in [-0.39, 0.29) is 18.1 Å². The predicted octanol–water partition coefficient (Wildman–Crippen LogP) is 2.55. The lowest BCUT2D eigenvalue weighted by atomic mass is 10.1. The third-order valence-electron chi connectivity index (χ3n) is 3.16. The Balaban J connectivity index is 2.04. The number of hydrogen-bond donors (Lipinski definition) is 2. The Morgan fingerprint density at radius 2 is 1.83 bits per heavy atom. The fourth-order valence-electron chi connectivity index (χ4n) is 2.25. The number of benzene rings is 1. The molecule has 2 rings (SSSR count). The Morgan fingerprint density at radius 3 is 2.39 bits per heavy atom. The van der Waals surface area contributed by atoms with E-state index in [1.165, 1.54) is 0 Å². The average Bonchev–Trinajstić information content (AvgIpc) is 2.32. The first kappa shape index (κ1) is 13.2. The molecule has 2 N–H and O–H groups in total. The summed E-state index contributed by atoms with van der Waals surface area (Å²) in [4.78, 5) is 14.1. The van der Waals surface area contributed by atoms with Gasteiger partial charge in [0, 0.05) is 35.9 Å². The maximum atomic E-state index is 12.2. The number of urea groups is 1. The molecule has 1 fully saturated rings. The van der Waals surface area contributed by atoms with Gasteiger partial charge in [-0.2, -0.15) is 0 Å². The molecule has 98 valence electrons. The molecule has 18 heavy (non-hydrogen) atoms. The summed E-state index contributed by atoms with van der Waals surface area (Å²) in [5.74, 6) is 0. The molecule has 2 atom stereocenters. The third-order valence-corrected chi connectivity index (χ3v) is 3.41. The van der Waals surface area contributed by atoms with Crippen molar-refractivity contribution in [3.8, 4) is 0 Å². The zero-order valence-corrected chi connectivity index (χ0v) is 11.4. The van der Waals surface area contributed by atoms with Crippen molar-refractivity contribution in [1.29, 1.82) is 0 Å². The van der Waals surface area contributed by atoms with Gasteiger partial charge in [-0.05, 0) is 38.1 Å². The van der Waals surface area contributed by atoms with Gasteiger partial charge in [0.2, 0.25) is 0 Å². The third kappa shape index (κ3) is 2.94. The van der Waals surface area contributed by atoms with E-state index < -0.39 is 0 Å². The number of amides is 2. The van der Waals surface area contributed by atoms with Gasteiger partial charge in [0.15, 0.2) is 0 Å². The maximum Gasteiger partial charge on any atom is 0.322 e. The average molecular weight is 268 g/mol. The number of piperazine rings is 1. The van der Waals surface area contributed by atoms with Crippen LogP contribution in [-0.2, 0) is 0 Å². The Labute approximate surface area is 112 Å². The van der Waals surface area contributed by atoms with Crippen LogP contribution < -0.4 is 10.6 Å². The normalized spacial score (nSPS) is 23.8. The van der Waals surface area contributed by atoms with Gasteiger partial charge in [0.25, 0.3) is 0 Å². The Bertz CT molecular complexity index is 411. The van der Waals surface area contributed by atoms with Crippen LogP contribution in [0, 0.1) is 0 Å². The molecule has 1 saturated heterocycles. The van der Waals surface area contributed by atoms with E-state index in [2.05, 4.69) is 10.6 Å². The van der Waals surface area contributed by atoms with Crippen LogP contribution in [0.3, 0.4) is 0 Å². The first-order chi connectivity index (χ1) is 8.58. The molecule has 0 aromatic heterocycles. The van der Waals surface area contributed by atoms with Crippen molar-refractivity contribution in [2.24, 2.45) is 0 Å². The summed E-state index contributed by atoms with van der Waals surface area (Å²) in [6.07, 6.45) is 0. The van der Waals surface area contributed by atoms with Crippen molar-refractivity contribution in [3.05, 3.63) is 29.3 Å². The van der Waals surface area contributed by atoms with Crippen LogP contribution >= 0.6 is 11.6 Å². The van der Waals surface area contributed by atoms with E-state index in [0.29, 0.717) is 5.02 Å². The van der Waals surface area contributed by atoms with Gasteiger partial charge < -0.3 is 15.5 Å². The Kier molecular flexibility index (Phi) is 4.09.